The van der Waals surface area contributed by atoms with E-state index < -0.39 is 16.6 Å². The highest BCUT2D eigenvalue weighted by Gasteiger charge is 2.42. The molecule has 1 N–H and O–H groups in total. The van der Waals surface area contributed by atoms with Crippen LogP contribution in [0.2, 0.25) is 0 Å². The molecule has 8 nitrogen and oxygen atoms in total. The Balaban J connectivity index is 1.99. The number of aliphatic imine (C=N–C) groups is 1. The van der Waals surface area contributed by atoms with Crippen LogP contribution in [0.5, 0.6) is 0 Å². The molecule has 0 spiro atoms. The molecule has 1 aliphatic heterocycles. The van der Waals surface area contributed by atoms with E-state index in [2.05, 4.69) is 10.5 Å². The number of hydrogen-bond acceptors (Lipinski definition) is 7. The molecule has 3 rings (SSSR count). The van der Waals surface area contributed by atoms with E-state index in [-0.39, 0.29) is 18.7 Å². The number of ether oxygens (including phenoxy) is 1. The third kappa shape index (κ3) is 3.55. The van der Waals surface area contributed by atoms with Gasteiger partial charge in [0.1, 0.15) is 6.42 Å². The number of nitrogens with one attached hydrogen (secondary N) is 1. The van der Waals surface area contributed by atoms with Crippen LogP contribution in [-0.4, -0.2) is 23.3 Å². The first-order valence-electron chi connectivity index (χ1n) is 8.04. The molecule has 2 aromatic rings. The first-order chi connectivity index (χ1) is 12.5. The molecule has 0 aromatic heterocycles. The minimum Gasteiger partial charge on any atom is -0.466 e. The van der Waals surface area contributed by atoms with Crippen molar-refractivity contribution in [3.8, 4) is 0 Å². The Morgan fingerprint density at radius 1 is 1.23 bits per heavy atom. The van der Waals surface area contributed by atoms with Gasteiger partial charge in [-0.25, -0.2) is 15.3 Å². The molecule has 0 bridgehead atoms. The summed E-state index contributed by atoms with van der Waals surface area (Å²) in [6, 6.07) is 15.0. The standard InChI is InChI=1S/C18H17N3O5/c1-2-25-16(22)12-18(14-8-10-15(11-9-14)21(23)24)19-17(20-26-18)13-6-4-3-5-7-13/h3-11H,2,12H2,1H3,(H,19,20). The Bertz CT molecular complexity index is 836. The summed E-state index contributed by atoms with van der Waals surface area (Å²) in [7, 11) is 0. The number of hydrogen-bond donors (Lipinski definition) is 1. The summed E-state index contributed by atoms with van der Waals surface area (Å²) < 4.78 is 5.03. The van der Waals surface area contributed by atoms with Crippen molar-refractivity contribution in [1.82, 2.24) is 5.48 Å². The second-order valence-electron chi connectivity index (χ2n) is 5.60. The lowest BCUT2D eigenvalue weighted by atomic mass is 9.99. The first kappa shape index (κ1) is 17.6. The molecular weight excluding hydrogens is 338 g/mol. The minimum absolute atomic E-state index is 0.0572. The molecule has 134 valence electrons. The van der Waals surface area contributed by atoms with Crippen molar-refractivity contribution in [2.24, 2.45) is 4.99 Å². The number of esters is 1. The number of rotatable bonds is 6. The predicted molar refractivity (Wildman–Crippen MR) is 93.2 cm³/mol. The molecule has 1 unspecified atom stereocenters. The molecule has 26 heavy (non-hydrogen) atoms. The molecular formula is C18H17N3O5. The Morgan fingerprint density at radius 2 is 1.92 bits per heavy atom. The van der Waals surface area contributed by atoms with Crippen LogP contribution in [0.3, 0.4) is 0 Å². The third-order valence-electron chi connectivity index (χ3n) is 3.87. The Kier molecular flexibility index (Phi) is 4.94. The van der Waals surface area contributed by atoms with Crippen LogP contribution < -0.4 is 5.48 Å². The molecule has 0 saturated carbocycles. The van der Waals surface area contributed by atoms with Crippen LogP contribution in [0.1, 0.15) is 24.5 Å². The maximum atomic E-state index is 12.1. The van der Waals surface area contributed by atoms with Gasteiger partial charge in [0.15, 0.2) is 5.84 Å². The van der Waals surface area contributed by atoms with Crippen LogP contribution in [0.4, 0.5) is 5.69 Å². The highest BCUT2D eigenvalue weighted by atomic mass is 16.7. The number of benzene rings is 2. The highest BCUT2D eigenvalue weighted by Crippen LogP contribution is 2.35. The first-order valence-corrected chi connectivity index (χ1v) is 8.04. The van der Waals surface area contributed by atoms with Gasteiger partial charge in [-0.1, -0.05) is 30.3 Å². The molecule has 1 atom stereocenters. The number of hydroxylamine groups is 1. The molecule has 0 fully saturated rings. The van der Waals surface area contributed by atoms with Crippen molar-refractivity contribution < 1.29 is 19.3 Å². The van der Waals surface area contributed by atoms with E-state index in [1.807, 2.05) is 30.3 Å². The summed E-state index contributed by atoms with van der Waals surface area (Å²) in [5, 5.41) is 10.9. The SMILES string of the molecule is CCOC(=O)CC1(c2ccc([N+](=O)[O-])cc2)N=C(c2ccccc2)NO1. The maximum absolute atomic E-state index is 12.1. The zero-order chi connectivity index (χ0) is 18.6. The van der Waals surface area contributed by atoms with Crippen LogP contribution in [0.25, 0.3) is 0 Å². The van der Waals surface area contributed by atoms with E-state index in [1.54, 1.807) is 6.92 Å². The van der Waals surface area contributed by atoms with Gasteiger partial charge in [0.2, 0.25) is 5.72 Å². The highest BCUT2D eigenvalue weighted by molar-refractivity contribution is 5.99. The summed E-state index contributed by atoms with van der Waals surface area (Å²) in [6.45, 7) is 1.95. The van der Waals surface area contributed by atoms with Crippen LogP contribution in [0, 0.1) is 10.1 Å². The summed E-state index contributed by atoms with van der Waals surface area (Å²) >= 11 is 0. The van der Waals surface area contributed by atoms with Crippen molar-refractivity contribution in [2.45, 2.75) is 19.1 Å². The van der Waals surface area contributed by atoms with Crippen molar-refractivity contribution in [1.29, 1.82) is 0 Å². The molecule has 8 heteroatoms. The van der Waals surface area contributed by atoms with Crippen molar-refractivity contribution in [3.05, 3.63) is 75.8 Å². The number of nitro benzene ring substituents is 1. The van der Waals surface area contributed by atoms with Crippen molar-refractivity contribution >= 4 is 17.5 Å². The number of carbonyl (C=O) groups is 1. The predicted octanol–water partition coefficient (Wildman–Crippen LogP) is 2.68. The maximum Gasteiger partial charge on any atom is 0.311 e. The zero-order valence-electron chi connectivity index (χ0n) is 14.0. The van der Waals surface area contributed by atoms with E-state index in [9.17, 15) is 14.9 Å². The molecule has 0 aliphatic carbocycles. The summed E-state index contributed by atoms with van der Waals surface area (Å²) in [6.07, 6.45) is -0.165. The zero-order valence-corrected chi connectivity index (χ0v) is 14.0. The van der Waals surface area contributed by atoms with Gasteiger partial charge >= 0.3 is 5.97 Å². The lowest BCUT2D eigenvalue weighted by Gasteiger charge is -2.23. The fraction of sp³-hybridized carbons (Fsp3) is 0.222. The molecule has 0 radical (unpaired) electrons. The molecule has 0 amide bonds. The van der Waals surface area contributed by atoms with Gasteiger partial charge in [-0.3, -0.25) is 14.9 Å². The average Bonchev–Trinajstić information content (AvgIpc) is 3.08. The topological polar surface area (TPSA) is 103 Å². The smallest absolute Gasteiger partial charge is 0.311 e. The lowest BCUT2D eigenvalue weighted by Crippen LogP contribution is -2.31. The van der Waals surface area contributed by atoms with E-state index in [0.717, 1.165) is 5.56 Å². The number of amidine groups is 1. The number of nitrogens with zero attached hydrogens (tertiary/aromatic N) is 2. The molecule has 1 heterocycles. The quantitative estimate of drug-likeness (QED) is 0.485. The van der Waals surface area contributed by atoms with E-state index in [0.29, 0.717) is 11.4 Å². The molecule has 0 saturated heterocycles. The normalized spacial score (nSPS) is 18.7. The fourth-order valence-electron chi connectivity index (χ4n) is 2.63. The summed E-state index contributed by atoms with van der Waals surface area (Å²) in [5.41, 5.74) is 2.64. The van der Waals surface area contributed by atoms with Crippen LogP contribution in [-0.2, 0) is 20.1 Å². The molecule has 1 aliphatic rings. The molecule has 2 aromatic carbocycles. The van der Waals surface area contributed by atoms with Gasteiger partial charge < -0.3 is 4.74 Å². The van der Waals surface area contributed by atoms with Gasteiger partial charge in [0.25, 0.3) is 5.69 Å². The largest absolute Gasteiger partial charge is 0.466 e. The summed E-state index contributed by atoms with van der Waals surface area (Å²) in [5.74, 6) is -0.0148. The average molecular weight is 355 g/mol. The van der Waals surface area contributed by atoms with Crippen LogP contribution in [0.15, 0.2) is 59.6 Å². The van der Waals surface area contributed by atoms with E-state index in [1.165, 1.54) is 24.3 Å². The van der Waals surface area contributed by atoms with Crippen molar-refractivity contribution in [3.63, 3.8) is 0 Å². The number of nitro groups is 1. The van der Waals surface area contributed by atoms with Gasteiger partial charge in [-0.15, -0.1) is 0 Å². The minimum atomic E-state index is -1.35. The van der Waals surface area contributed by atoms with Gasteiger partial charge in [-0.2, -0.15) is 0 Å². The van der Waals surface area contributed by atoms with Crippen molar-refractivity contribution in [2.75, 3.05) is 6.61 Å². The third-order valence-corrected chi connectivity index (χ3v) is 3.87. The Labute approximate surface area is 149 Å². The van der Waals surface area contributed by atoms with E-state index >= 15 is 0 Å². The monoisotopic (exact) mass is 355 g/mol. The second-order valence-corrected chi connectivity index (χ2v) is 5.60. The van der Waals surface area contributed by atoms with Gasteiger partial charge in [0, 0.05) is 23.3 Å². The van der Waals surface area contributed by atoms with E-state index in [4.69, 9.17) is 9.57 Å². The van der Waals surface area contributed by atoms with Crippen LogP contribution >= 0.6 is 0 Å². The second kappa shape index (κ2) is 7.32. The Hall–Kier alpha value is -3.26. The van der Waals surface area contributed by atoms with Gasteiger partial charge in [0.05, 0.1) is 11.5 Å². The Morgan fingerprint density at radius 3 is 2.54 bits per heavy atom. The summed E-state index contributed by atoms with van der Waals surface area (Å²) in [4.78, 5) is 32.7. The number of carbonyl (C=O) groups excluding carboxylic acids is 1. The van der Waals surface area contributed by atoms with Gasteiger partial charge in [-0.05, 0) is 19.1 Å². The number of non-ortho nitro benzene ring substituents is 1. The lowest BCUT2D eigenvalue weighted by molar-refractivity contribution is -0.384. The fourth-order valence-corrected chi connectivity index (χ4v) is 2.63.